The number of hydrogen-bond acceptors (Lipinski definition) is 6. The molecule has 184 valence electrons. The van der Waals surface area contributed by atoms with Gasteiger partial charge in [-0.15, -0.1) is 0 Å². The van der Waals surface area contributed by atoms with Crippen LogP contribution in [0.4, 0.5) is 4.79 Å². The van der Waals surface area contributed by atoms with Gasteiger partial charge >= 0.3 is 12.1 Å². The number of aliphatic hydroxyl groups is 1. The fraction of sp³-hybridized carbons (Fsp3) is 0.385. The van der Waals surface area contributed by atoms with Gasteiger partial charge in [-0.2, -0.15) is 5.26 Å². The van der Waals surface area contributed by atoms with Crippen LogP contribution in [0.15, 0.2) is 48.5 Å². The third kappa shape index (κ3) is 6.80. The summed E-state index contributed by atoms with van der Waals surface area (Å²) in [6, 6.07) is 17.1. The molecule has 0 saturated carbocycles. The number of hydrogen-bond donors (Lipinski definition) is 4. The van der Waals surface area contributed by atoms with E-state index in [1.54, 1.807) is 0 Å². The van der Waals surface area contributed by atoms with Gasteiger partial charge in [0.05, 0.1) is 6.07 Å². The summed E-state index contributed by atoms with van der Waals surface area (Å²) in [7, 11) is 0. The van der Waals surface area contributed by atoms with Crippen molar-refractivity contribution in [2.75, 3.05) is 13.2 Å². The number of alkyl carbamates (subject to hydrolysis) is 1. The van der Waals surface area contributed by atoms with Crippen molar-refractivity contribution in [2.24, 2.45) is 0 Å². The van der Waals surface area contributed by atoms with Crippen molar-refractivity contribution in [3.05, 3.63) is 59.7 Å². The molecule has 0 aromatic heterocycles. The SMILES string of the molecule is N#CCCCCC(NC(=O)OCC1c2ccccc2-c2ccccc21)C(=O)NCC[C@H](O)C(=O)O. The molecular weight excluding hydrogens is 450 g/mol. The number of rotatable bonds is 12. The van der Waals surface area contributed by atoms with Gasteiger partial charge in [0.1, 0.15) is 12.6 Å². The molecule has 0 bridgehead atoms. The summed E-state index contributed by atoms with van der Waals surface area (Å²) in [6.07, 6.45) is -0.745. The smallest absolute Gasteiger partial charge is 0.407 e. The van der Waals surface area contributed by atoms with E-state index >= 15 is 0 Å². The number of benzene rings is 2. The van der Waals surface area contributed by atoms with Crippen LogP contribution < -0.4 is 10.6 Å². The number of carboxylic acids is 1. The van der Waals surface area contributed by atoms with Crippen molar-refractivity contribution in [3.63, 3.8) is 0 Å². The van der Waals surface area contributed by atoms with Crippen molar-refractivity contribution in [1.29, 1.82) is 5.26 Å². The normalized spacial score (nSPS) is 13.6. The van der Waals surface area contributed by atoms with E-state index in [1.807, 2.05) is 54.6 Å². The van der Waals surface area contributed by atoms with Gasteiger partial charge in [0.15, 0.2) is 6.10 Å². The van der Waals surface area contributed by atoms with Crippen LogP contribution in [0.1, 0.15) is 49.1 Å². The molecule has 1 unspecified atom stereocenters. The summed E-state index contributed by atoms with van der Waals surface area (Å²) in [5, 5.41) is 32.0. The first-order valence-corrected chi connectivity index (χ1v) is 11.6. The standard InChI is InChI=1S/C26H29N3O6/c27-14-7-1-2-12-22(24(31)28-15-13-23(30)25(32)33)29-26(34)35-16-21-19-10-5-3-8-17(19)18-9-4-6-11-20(18)21/h3-6,8-11,21-23,30H,1-2,7,12-13,15-16H2,(H,28,31)(H,29,34)(H,32,33)/t22?,23-/m0/s1. The van der Waals surface area contributed by atoms with Crippen molar-refractivity contribution >= 4 is 18.0 Å². The molecule has 35 heavy (non-hydrogen) atoms. The van der Waals surface area contributed by atoms with E-state index in [-0.39, 0.29) is 25.5 Å². The molecule has 2 aromatic rings. The number of aliphatic hydroxyl groups excluding tert-OH is 1. The highest BCUT2D eigenvalue weighted by Crippen LogP contribution is 2.44. The van der Waals surface area contributed by atoms with Crippen LogP contribution in [0.25, 0.3) is 11.1 Å². The van der Waals surface area contributed by atoms with E-state index < -0.39 is 30.1 Å². The molecule has 2 aromatic carbocycles. The Hall–Kier alpha value is -3.90. The summed E-state index contributed by atoms with van der Waals surface area (Å²) in [5.41, 5.74) is 4.36. The maximum Gasteiger partial charge on any atom is 0.407 e. The van der Waals surface area contributed by atoms with Crippen LogP contribution in [0.5, 0.6) is 0 Å². The molecular formula is C26H29N3O6. The van der Waals surface area contributed by atoms with E-state index in [4.69, 9.17) is 15.1 Å². The number of carbonyl (C=O) groups is 3. The Morgan fingerprint density at radius 2 is 1.63 bits per heavy atom. The van der Waals surface area contributed by atoms with Crippen LogP contribution >= 0.6 is 0 Å². The van der Waals surface area contributed by atoms with E-state index in [1.165, 1.54) is 0 Å². The van der Waals surface area contributed by atoms with E-state index in [2.05, 4.69) is 10.6 Å². The minimum Gasteiger partial charge on any atom is -0.479 e. The lowest BCUT2D eigenvalue weighted by atomic mass is 9.98. The lowest BCUT2D eigenvalue weighted by Crippen LogP contribution is -2.47. The van der Waals surface area contributed by atoms with Gasteiger partial charge < -0.3 is 25.6 Å². The fourth-order valence-corrected chi connectivity index (χ4v) is 4.18. The zero-order chi connectivity index (χ0) is 25.2. The van der Waals surface area contributed by atoms with Crippen molar-refractivity contribution in [2.45, 2.75) is 50.2 Å². The number of amides is 2. The second-order valence-electron chi connectivity index (χ2n) is 8.36. The van der Waals surface area contributed by atoms with Crippen molar-refractivity contribution in [3.8, 4) is 17.2 Å². The number of fused-ring (bicyclic) bond motifs is 3. The average Bonchev–Trinajstić information content (AvgIpc) is 3.18. The number of nitrogens with zero attached hydrogens (tertiary/aromatic N) is 1. The van der Waals surface area contributed by atoms with Crippen molar-refractivity contribution < 1.29 is 29.3 Å². The fourth-order valence-electron chi connectivity index (χ4n) is 4.18. The Labute approximate surface area is 203 Å². The topological polar surface area (TPSA) is 149 Å². The zero-order valence-corrected chi connectivity index (χ0v) is 19.3. The highest BCUT2D eigenvalue weighted by atomic mass is 16.5. The second kappa shape index (κ2) is 12.5. The molecule has 9 nitrogen and oxygen atoms in total. The van der Waals surface area contributed by atoms with E-state index in [0.717, 1.165) is 22.3 Å². The highest BCUT2D eigenvalue weighted by molar-refractivity contribution is 5.85. The third-order valence-electron chi connectivity index (χ3n) is 5.99. The summed E-state index contributed by atoms with van der Waals surface area (Å²) in [6.45, 7) is 0.0425. The lowest BCUT2D eigenvalue weighted by Gasteiger charge is -2.20. The van der Waals surface area contributed by atoms with Gasteiger partial charge in [-0.3, -0.25) is 4.79 Å². The molecule has 0 fully saturated rings. The van der Waals surface area contributed by atoms with Gasteiger partial charge in [-0.25, -0.2) is 9.59 Å². The maximum atomic E-state index is 12.6. The molecule has 0 heterocycles. The molecule has 0 spiro atoms. The first-order chi connectivity index (χ1) is 16.9. The van der Waals surface area contributed by atoms with Gasteiger partial charge in [-0.05, 0) is 41.5 Å². The van der Waals surface area contributed by atoms with Crippen LogP contribution in [0, 0.1) is 11.3 Å². The molecule has 3 rings (SSSR count). The number of carbonyl (C=O) groups excluding carboxylic acids is 2. The number of nitriles is 1. The molecule has 0 aliphatic heterocycles. The largest absolute Gasteiger partial charge is 0.479 e. The molecule has 2 amide bonds. The third-order valence-corrected chi connectivity index (χ3v) is 5.99. The number of aliphatic carboxylic acids is 1. The second-order valence-corrected chi connectivity index (χ2v) is 8.36. The summed E-state index contributed by atoms with van der Waals surface area (Å²) < 4.78 is 5.52. The van der Waals surface area contributed by atoms with Crippen LogP contribution in [0.2, 0.25) is 0 Å². The van der Waals surface area contributed by atoms with Gasteiger partial charge in [0, 0.05) is 25.3 Å². The van der Waals surface area contributed by atoms with E-state index in [9.17, 15) is 19.5 Å². The Morgan fingerprint density at radius 3 is 2.23 bits per heavy atom. The van der Waals surface area contributed by atoms with E-state index in [0.29, 0.717) is 25.7 Å². The number of unbranched alkanes of at least 4 members (excludes halogenated alkanes) is 2. The summed E-state index contributed by atoms with van der Waals surface area (Å²) >= 11 is 0. The Morgan fingerprint density at radius 1 is 1.00 bits per heavy atom. The van der Waals surface area contributed by atoms with Gasteiger partial charge in [0.2, 0.25) is 5.91 Å². The minimum atomic E-state index is -1.58. The minimum absolute atomic E-state index is 0.0621. The Bertz CT molecular complexity index is 1050. The monoisotopic (exact) mass is 479 g/mol. The molecule has 1 aliphatic carbocycles. The zero-order valence-electron chi connectivity index (χ0n) is 19.3. The summed E-state index contributed by atoms with van der Waals surface area (Å²) in [4.78, 5) is 36.0. The Balaban J connectivity index is 1.59. The molecule has 4 N–H and O–H groups in total. The van der Waals surface area contributed by atoms with Crippen LogP contribution in [-0.2, 0) is 14.3 Å². The number of nitrogens with one attached hydrogen (secondary N) is 2. The molecule has 9 heteroatoms. The molecule has 0 saturated heterocycles. The number of carboxylic acid groups (broad SMARTS) is 1. The van der Waals surface area contributed by atoms with Crippen LogP contribution in [-0.4, -0.2) is 53.5 Å². The predicted octanol–water partition coefficient (Wildman–Crippen LogP) is 2.93. The first kappa shape index (κ1) is 25.7. The molecule has 1 aliphatic rings. The highest BCUT2D eigenvalue weighted by Gasteiger charge is 2.29. The number of ether oxygens (including phenoxy) is 1. The maximum absolute atomic E-state index is 12.6. The molecule has 0 radical (unpaired) electrons. The quantitative estimate of drug-likeness (QED) is 0.342. The van der Waals surface area contributed by atoms with Gasteiger partial charge in [0.25, 0.3) is 0 Å². The average molecular weight is 480 g/mol. The summed E-state index contributed by atoms with van der Waals surface area (Å²) in [5.74, 6) is -1.99. The lowest BCUT2D eigenvalue weighted by molar-refractivity contribution is -0.147. The van der Waals surface area contributed by atoms with Crippen LogP contribution in [0.3, 0.4) is 0 Å². The first-order valence-electron chi connectivity index (χ1n) is 11.6. The predicted molar refractivity (Wildman–Crippen MR) is 127 cm³/mol. The Kier molecular flexibility index (Phi) is 9.21. The van der Waals surface area contributed by atoms with Gasteiger partial charge in [-0.1, -0.05) is 48.5 Å². The molecule has 2 atom stereocenters. The van der Waals surface area contributed by atoms with Crippen molar-refractivity contribution in [1.82, 2.24) is 10.6 Å².